The van der Waals surface area contributed by atoms with Crippen LogP contribution in [0.15, 0.2) is 24.4 Å². The van der Waals surface area contributed by atoms with Gasteiger partial charge in [-0.3, -0.25) is 9.48 Å². The Balaban J connectivity index is 1.68. The van der Waals surface area contributed by atoms with E-state index >= 15 is 0 Å². The lowest BCUT2D eigenvalue weighted by Gasteiger charge is -2.10. The van der Waals surface area contributed by atoms with Crippen LogP contribution in [0.1, 0.15) is 28.9 Å². The first-order chi connectivity index (χ1) is 10.5. The lowest BCUT2D eigenvalue weighted by atomic mass is 10.2. The van der Waals surface area contributed by atoms with Gasteiger partial charge in [-0.1, -0.05) is 23.7 Å². The van der Waals surface area contributed by atoms with Gasteiger partial charge in [0.25, 0.3) is 5.91 Å². The average molecular weight is 324 g/mol. The Bertz CT molecular complexity index is 713. The summed E-state index contributed by atoms with van der Waals surface area (Å²) in [5, 5.41) is 6.83. The van der Waals surface area contributed by atoms with E-state index in [0.717, 1.165) is 12.8 Å². The average Bonchev–Trinajstić information content (AvgIpc) is 3.23. The molecular formula is C15H15ClFN3O2. The van der Waals surface area contributed by atoms with Crippen molar-refractivity contribution in [3.63, 3.8) is 0 Å². The topological polar surface area (TPSA) is 56.2 Å². The van der Waals surface area contributed by atoms with Crippen molar-refractivity contribution in [3.05, 3.63) is 46.5 Å². The summed E-state index contributed by atoms with van der Waals surface area (Å²) in [6.45, 7) is 0.0411. The molecule has 0 aliphatic heterocycles. The van der Waals surface area contributed by atoms with Gasteiger partial charge in [-0.15, -0.1) is 0 Å². The van der Waals surface area contributed by atoms with E-state index in [1.54, 1.807) is 25.2 Å². The Labute approximate surface area is 132 Å². The molecule has 1 aliphatic rings. The minimum Gasteiger partial charge on any atom is -0.487 e. The standard InChI is InChI=1S/C15H15ClFN3O2/c1-20-8-11(16)14(19-20)15(21)18-7-9-3-2-4-12(13(9)17)22-10-5-6-10/h2-4,8,10H,5-7H2,1H3,(H,18,21). The molecule has 7 heteroatoms. The fourth-order valence-electron chi connectivity index (χ4n) is 2.02. The van der Waals surface area contributed by atoms with Crippen LogP contribution in [-0.4, -0.2) is 21.8 Å². The van der Waals surface area contributed by atoms with Crippen LogP contribution in [0, 0.1) is 5.82 Å². The van der Waals surface area contributed by atoms with E-state index < -0.39 is 11.7 Å². The minimum absolute atomic E-state index is 0.0411. The van der Waals surface area contributed by atoms with Gasteiger partial charge in [0.15, 0.2) is 17.3 Å². The first-order valence-corrected chi connectivity index (χ1v) is 7.34. The molecule has 0 atom stereocenters. The van der Waals surface area contributed by atoms with Gasteiger partial charge in [-0.2, -0.15) is 5.10 Å². The van der Waals surface area contributed by atoms with Gasteiger partial charge in [-0.05, 0) is 18.9 Å². The third-order valence-corrected chi connectivity index (χ3v) is 3.58. The molecule has 0 unspecified atom stereocenters. The first kappa shape index (κ1) is 14.8. The van der Waals surface area contributed by atoms with Crippen molar-refractivity contribution in [1.82, 2.24) is 15.1 Å². The van der Waals surface area contributed by atoms with Gasteiger partial charge in [0, 0.05) is 25.4 Å². The number of nitrogens with zero attached hydrogens (tertiary/aromatic N) is 2. The number of halogens is 2. The first-order valence-electron chi connectivity index (χ1n) is 6.96. The summed E-state index contributed by atoms with van der Waals surface area (Å²) in [7, 11) is 1.67. The number of aryl methyl sites for hydroxylation is 1. The van der Waals surface area contributed by atoms with E-state index in [1.165, 1.54) is 10.9 Å². The zero-order valence-electron chi connectivity index (χ0n) is 12.0. The highest BCUT2D eigenvalue weighted by molar-refractivity contribution is 6.33. The van der Waals surface area contributed by atoms with E-state index in [9.17, 15) is 9.18 Å². The number of nitrogens with one attached hydrogen (secondary N) is 1. The van der Waals surface area contributed by atoms with Crippen molar-refractivity contribution in [3.8, 4) is 5.75 Å². The zero-order valence-corrected chi connectivity index (χ0v) is 12.7. The van der Waals surface area contributed by atoms with Crippen LogP contribution in [0.5, 0.6) is 5.75 Å². The normalized spacial score (nSPS) is 14.0. The van der Waals surface area contributed by atoms with Crippen LogP contribution in [0.2, 0.25) is 5.02 Å². The molecule has 0 spiro atoms. The Morgan fingerprint density at radius 1 is 1.55 bits per heavy atom. The number of benzene rings is 1. The third-order valence-electron chi connectivity index (χ3n) is 3.30. The molecule has 22 heavy (non-hydrogen) atoms. The van der Waals surface area contributed by atoms with Crippen LogP contribution in [0.3, 0.4) is 0 Å². The molecule has 1 aliphatic carbocycles. The fraction of sp³-hybridized carbons (Fsp3) is 0.333. The number of hydrogen-bond acceptors (Lipinski definition) is 3. The van der Waals surface area contributed by atoms with E-state index in [2.05, 4.69) is 10.4 Å². The van der Waals surface area contributed by atoms with Gasteiger partial charge < -0.3 is 10.1 Å². The molecule has 3 rings (SSSR count). The van der Waals surface area contributed by atoms with Crippen LogP contribution in [-0.2, 0) is 13.6 Å². The molecule has 1 heterocycles. The fourth-order valence-corrected chi connectivity index (χ4v) is 2.29. The van der Waals surface area contributed by atoms with E-state index in [-0.39, 0.29) is 29.1 Å². The number of carbonyl (C=O) groups is 1. The number of carbonyl (C=O) groups excluding carboxylic acids is 1. The maximum absolute atomic E-state index is 14.3. The number of rotatable bonds is 5. The van der Waals surface area contributed by atoms with Crippen molar-refractivity contribution in [1.29, 1.82) is 0 Å². The van der Waals surface area contributed by atoms with Crippen LogP contribution in [0.25, 0.3) is 0 Å². The predicted octanol–water partition coefficient (Wildman–Crippen LogP) is 2.68. The van der Waals surface area contributed by atoms with Crippen LogP contribution in [0.4, 0.5) is 4.39 Å². The molecule has 1 fully saturated rings. The summed E-state index contributed by atoms with van der Waals surface area (Å²) in [6.07, 6.45) is 3.56. The highest BCUT2D eigenvalue weighted by Gasteiger charge is 2.25. The van der Waals surface area contributed by atoms with Crippen molar-refractivity contribution in [2.75, 3.05) is 0 Å². The monoisotopic (exact) mass is 323 g/mol. The summed E-state index contributed by atoms with van der Waals surface area (Å²) in [4.78, 5) is 12.0. The molecule has 0 radical (unpaired) electrons. The number of hydrogen-bond donors (Lipinski definition) is 1. The molecule has 1 saturated carbocycles. The molecule has 0 bridgehead atoms. The molecular weight excluding hydrogens is 309 g/mol. The summed E-state index contributed by atoms with van der Waals surface area (Å²) in [6, 6.07) is 4.90. The SMILES string of the molecule is Cn1cc(Cl)c(C(=O)NCc2cccc(OC3CC3)c2F)n1. The molecule has 2 aromatic rings. The lowest BCUT2D eigenvalue weighted by Crippen LogP contribution is -2.24. The number of ether oxygens (including phenoxy) is 1. The Morgan fingerprint density at radius 3 is 2.95 bits per heavy atom. The zero-order chi connectivity index (χ0) is 15.7. The third kappa shape index (κ3) is 3.22. The second-order valence-electron chi connectivity index (χ2n) is 5.23. The van der Waals surface area contributed by atoms with Crippen molar-refractivity contribution in [2.45, 2.75) is 25.5 Å². The van der Waals surface area contributed by atoms with Gasteiger partial charge in [0.2, 0.25) is 0 Å². The maximum atomic E-state index is 14.3. The molecule has 1 aromatic carbocycles. The Kier molecular flexibility index (Phi) is 4.02. The van der Waals surface area contributed by atoms with Gasteiger partial charge >= 0.3 is 0 Å². The molecule has 5 nitrogen and oxygen atoms in total. The summed E-state index contributed by atoms with van der Waals surface area (Å²) < 4.78 is 21.2. The summed E-state index contributed by atoms with van der Waals surface area (Å²) in [5.41, 5.74) is 0.480. The van der Waals surface area contributed by atoms with Crippen molar-refractivity contribution >= 4 is 17.5 Å². The highest BCUT2D eigenvalue weighted by Crippen LogP contribution is 2.29. The number of aromatic nitrogens is 2. The molecule has 1 aromatic heterocycles. The van der Waals surface area contributed by atoms with Gasteiger partial charge in [0.1, 0.15) is 0 Å². The second kappa shape index (κ2) is 5.96. The smallest absolute Gasteiger partial charge is 0.273 e. The summed E-state index contributed by atoms with van der Waals surface area (Å²) >= 11 is 5.90. The van der Waals surface area contributed by atoms with Crippen molar-refractivity contribution < 1.29 is 13.9 Å². The highest BCUT2D eigenvalue weighted by atomic mass is 35.5. The van der Waals surface area contributed by atoms with Crippen LogP contribution < -0.4 is 10.1 Å². The van der Waals surface area contributed by atoms with Gasteiger partial charge in [0.05, 0.1) is 11.1 Å². The van der Waals surface area contributed by atoms with Gasteiger partial charge in [-0.25, -0.2) is 4.39 Å². The second-order valence-corrected chi connectivity index (χ2v) is 5.64. The van der Waals surface area contributed by atoms with E-state index in [1.807, 2.05) is 0 Å². The molecule has 1 N–H and O–H groups in total. The maximum Gasteiger partial charge on any atom is 0.273 e. The predicted molar refractivity (Wildman–Crippen MR) is 79.4 cm³/mol. The molecule has 0 saturated heterocycles. The molecule has 1 amide bonds. The summed E-state index contributed by atoms with van der Waals surface area (Å²) in [5.74, 6) is -0.662. The Morgan fingerprint density at radius 2 is 2.32 bits per heavy atom. The number of amides is 1. The van der Waals surface area contributed by atoms with Crippen LogP contribution >= 0.6 is 11.6 Å². The quantitative estimate of drug-likeness (QED) is 0.920. The Hall–Kier alpha value is -2.08. The largest absolute Gasteiger partial charge is 0.487 e. The van der Waals surface area contributed by atoms with E-state index in [4.69, 9.17) is 16.3 Å². The molecule has 116 valence electrons. The lowest BCUT2D eigenvalue weighted by molar-refractivity contribution is 0.0945. The minimum atomic E-state index is -0.446. The van der Waals surface area contributed by atoms with E-state index in [0.29, 0.717) is 5.56 Å². The van der Waals surface area contributed by atoms with Crippen molar-refractivity contribution in [2.24, 2.45) is 7.05 Å².